The van der Waals surface area contributed by atoms with Gasteiger partial charge in [-0.1, -0.05) is 0 Å². The van der Waals surface area contributed by atoms with Crippen LogP contribution in [0.5, 0.6) is 0 Å². The average Bonchev–Trinajstić information content (AvgIpc) is 2.67. The Morgan fingerprint density at radius 2 is 1.86 bits per heavy atom. The molecule has 0 spiro atoms. The van der Waals surface area contributed by atoms with E-state index in [0.717, 1.165) is 0 Å². The van der Waals surface area contributed by atoms with Gasteiger partial charge in [0.15, 0.2) is 6.29 Å². The van der Waals surface area contributed by atoms with Crippen molar-refractivity contribution < 1.29 is 18.3 Å². The molecule has 0 amide bonds. The van der Waals surface area contributed by atoms with Crippen LogP contribution >= 0.6 is 15.9 Å². The summed E-state index contributed by atoms with van der Waals surface area (Å²) in [7, 11) is 0. The molecule has 1 aromatic carbocycles. The van der Waals surface area contributed by atoms with Crippen molar-refractivity contribution in [2.45, 2.75) is 6.29 Å². The highest BCUT2D eigenvalue weighted by atomic mass is 79.9. The third kappa shape index (κ3) is 1.67. The molecule has 1 heterocycles. The zero-order valence-corrected chi connectivity index (χ0v) is 8.68. The van der Waals surface area contributed by atoms with Gasteiger partial charge in [0.2, 0.25) is 0 Å². The predicted octanol–water partition coefficient (Wildman–Crippen LogP) is 2.77. The van der Waals surface area contributed by atoms with Crippen LogP contribution in [0.3, 0.4) is 0 Å². The molecule has 2 nitrogen and oxygen atoms in total. The van der Waals surface area contributed by atoms with Gasteiger partial charge in [-0.25, -0.2) is 8.78 Å². The molecule has 0 saturated carbocycles. The number of rotatable bonds is 1. The van der Waals surface area contributed by atoms with Crippen LogP contribution in [0.1, 0.15) is 11.9 Å². The van der Waals surface area contributed by atoms with E-state index < -0.39 is 17.9 Å². The molecule has 1 aliphatic rings. The minimum Gasteiger partial charge on any atom is -0.346 e. The minimum atomic E-state index is -0.716. The summed E-state index contributed by atoms with van der Waals surface area (Å²) in [5, 5.41) is 0. The molecule has 0 atom stereocenters. The van der Waals surface area contributed by atoms with E-state index in [1.165, 1.54) is 12.1 Å². The molecule has 2 rings (SSSR count). The van der Waals surface area contributed by atoms with E-state index >= 15 is 0 Å². The molecule has 0 aromatic heterocycles. The average molecular weight is 265 g/mol. The Bertz CT molecular complexity index is 351. The molecule has 0 aliphatic carbocycles. The van der Waals surface area contributed by atoms with Gasteiger partial charge < -0.3 is 9.47 Å². The zero-order valence-electron chi connectivity index (χ0n) is 7.10. The molecule has 1 fully saturated rings. The van der Waals surface area contributed by atoms with Gasteiger partial charge in [-0.2, -0.15) is 0 Å². The third-order valence-electron chi connectivity index (χ3n) is 1.94. The van der Waals surface area contributed by atoms with E-state index in [-0.39, 0.29) is 10.0 Å². The van der Waals surface area contributed by atoms with Crippen molar-refractivity contribution in [2.75, 3.05) is 13.2 Å². The van der Waals surface area contributed by atoms with Crippen LogP contribution in [0.15, 0.2) is 16.6 Å². The molecule has 0 bridgehead atoms. The van der Waals surface area contributed by atoms with E-state index in [2.05, 4.69) is 15.9 Å². The number of halogens is 3. The first-order chi connectivity index (χ1) is 6.70. The van der Waals surface area contributed by atoms with Crippen molar-refractivity contribution in [1.82, 2.24) is 0 Å². The fourth-order valence-corrected chi connectivity index (χ4v) is 1.62. The van der Waals surface area contributed by atoms with Gasteiger partial charge in [0.05, 0.1) is 17.7 Å². The van der Waals surface area contributed by atoms with Gasteiger partial charge in [0, 0.05) is 5.56 Å². The standard InChI is InChI=1S/C9H7BrF2O2/c10-7-6(11)2-1-5(8(7)12)9-13-3-4-14-9/h1-2,9H,3-4H2. The van der Waals surface area contributed by atoms with Gasteiger partial charge in [-0.05, 0) is 28.1 Å². The Hall–Kier alpha value is -0.520. The van der Waals surface area contributed by atoms with E-state index in [1.807, 2.05) is 0 Å². The van der Waals surface area contributed by atoms with Gasteiger partial charge in [0.25, 0.3) is 0 Å². The lowest BCUT2D eigenvalue weighted by Gasteiger charge is -2.11. The van der Waals surface area contributed by atoms with Crippen LogP contribution in [0.4, 0.5) is 8.78 Å². The summed E-state index contributed by atoms with van der Waals surface area (Å²) in [5.74, 6) is -1.30. The topological polar surface area (TPSA) is 18.5 Å². The highest BCUT2D eigenvalue weighted by Crippen LogP contribution is 2.30. The predicted molar refractivity (Wildman–Crippen MR) is 48.7 cm³/mol. The zero-order chi connectivity index (χ0) is 10.1. The van der Waals surface area contributed by atoms with Crippen molar-refractivity contribution in [1.29, 1.82) is 0 Å². The third-order valence-corrected chi connectivity index (χ3v) is 2.67. The smallest absolute Gasteiger partial charge is 0.186 e. The van der Waals surface area contributed by atoms with E-state index in [4.69, 9.17) is 9.47 Å². The summed E-state index contributed by atoms with van der Waals surface area (Å²) in [4.78, 5) is 0. The second kappa shape index (κ2) is 3.92. The maximum atomic E-state index is 13.5. The van der Waals surface area contributed by atoms with Crippen molar-refractivity contribution in [3.63, 3.8) is 0 Å². The first kappa shape index (κ1) is 10.0. The molecule has 1 aliphatic heterocycles. The number of hydrogen-bond donors (Lipinski definition) is 0. The molecular formula is C9H7BrF2O2. The lowest BCUT2D eigenvalue weighted by Crippen LogP contribution is -2.02. The Kier molecular flexibility index (Phi) is 2.80. The summed E-state index contributed by atoms with van der Waals surface area (Å²) >= 11 is 2.82. The molecule has 1 aromatic rings. The second-order valence-electron chi connectivity index (χ2n) is 2.84. The number of hydrogen-bond acceptors (Lipinski definition) is 2. The molecular weight excluding hydrogens is 258 g/mol. The maximum Gasteiger partial charge on any atom is 0.186 e. The molecule has 76 valence electrons. The summed E-state index contributed by atoms with van der Waals surface area (Å²) in [6.07, 6.45) is -0.716. The fraction of sp³-hybridized carbons (Fsp3) is 0.333. The van der Waals surface area contributed by atoms with Crippen LogP contribution in [0, 0.1) is 11.6 Å². The van der Waals surface area contributed by atoms with Crippen LogP contribution in [-0.4, -0.2) is 13.2 Å². The maximum absolute atomic E-state index is 13.5. The second-order valence-corrected chi connectivity index (χ2v) is 3.63. The molecule has 5 heteroatoms. The van der Waals surface area contributed by atoms with Crippen LogP contribution in [-0.2, 0) is 9.47 Å². The Morgan fingerprint density at radius 3 is 2.50 bits per heavy atom. The van der Waals surface area contributed by atoms with Crippen LogP contribution in [0.2, 0.25) is 0 Å². The molecule has 14 heavy (non-hydrogen) atoms. The van der Waals surface area contributed by atoms with Gasteiger partial charge in [-0.15, -0.1) is 0 Å². The van der Waals surface area contributed by atoms with Crippen LogP contribution in [0.25, 0.3) is 0 Å². The SMILES string of the molecule is Fc1ccc(C2OCCO2)c(F)c1Br. The summed E-state index contributed by atoms with van der Waals surface area (Å²) < 4.78 is 36.4. The summed E-state index contributed by atoms with van der Waals surface area (Å²) in [6.45, 7) is 0.859. The van der Waals surface area contributed by atoms with E-state index in [9.17, 15) is 8.78 Å². The fourth-order valence-electron chi connectivity index (χ4n) is 1.26. The van der Waals surface area contributed by atoms with Gasteiger partial charge in [-0.3, -0.25) is 0 Å². The normalized spacial score (nSPS) is 17.6. The Morgan fingerprint density at radius 1 is 1.21 bits per heavy atom. The monoisotopic (exact) mass is 264 g/mol. The van der Waals surface area contributed by atoms with Crippen molar-refractivity contribution in [3.8, 4) is 0 Å². The Balaban J connectivity index is 2.38. The largest absolute Gasteiger partial charge is 0.346 e. The first-order valence-corrected chi connectivity index (χ1v) is 4.86. The van der Waals surface area contributed by atoms with Crippen LogP contribution < -0.4 is 0 Å². The molecule has 0 unspecified atom stereocenters. The lowest BCUT2D eigenvalue weighted by atomic mass is 10.2. The highest BCUT2D eigenvalue weighted by molar-refractivity contribution is 9.10. The highest BCUT2D eigenvalue weighted by Gasteiger charge is 2.24. The molecule has 0 N–H and O–H groups in total. The first-order valence-electron chi connectivity index (χ1n) is 4.07. The summed E-state index contributed by atoms with van der Waals surface area (Å²) in [6, 6.07) is 2.50. The minimum absolute atomic E-state index is 0.186. The van der Waals surface area contributed by atoms with Crippen molar-refractivity contribution in [2.24, 2.45) is 0 Å². The van der Waals surface area contributed by atoms with Gasteiger partial charge in [0.1, 0.15) is 11.6 Å². The van der Waals surface area contributed by atoms with Crippen molar-refractivity contribution >= 4 is 15.9 Å². The summed E-state index contributed by atoms with van der Waals surface area (Å²) in [5.41, 5.74) is 0.218. The lowest BCUT2D eigenvalue weighted by molar-refractivity contribution is -0.0466. The van der Waals surface area contributed by atoms with Gasteiger partial charge >= 0.3 is 0 Å². The number of benzene rings is 1. The molecule has 0 radical (unpaired) electrons. The van der Waals surface area contributed by atoms with E-state index in [1.54, 1.807) is 0 Å². The quantitative estimate of drug-likeness (QED) is 0.727. The van der Waals surface area contributed by atoms with E-state index in [0.29, 0.717) is 13.2 Å². The Labute approximate surface area is 87.9 Å². The van der Waals surface area contributed by atoms with Crippen molar-refractivity contribution in [3.05, 3.63) is 33.8 Å². The number of ether oxygens (including phenoxy) is 2. The molecule has 1 saturated heterocycles.